The van der Waals surface area contributed by atoms with Crippen molar-refractivity contribution in [1.29, 1.82) is 0 Å². The van der Waals surface area contributed by atoms with Gasteiger partial charge in [0.15, 0.2) is 11.5 Å². The van der Waals surface area contributed by atoms with Gasteiger partial charge in [-0.3, -0.25) is 9.59 Å². The molecular formula is C28H31N3O4. The molecule has 35 heavy (non-hydrogen) atoms. The molecule has 0 aliphatic rings. The van der Waals surface area contributed by atoms with Crippen LogP contribution in [0.3, 0.4) is 0 Å². The number of ether oxygens (including phenoxy) is 2. The third kappa shape index (κ3) is 7.99. The molecule has 7 heteroatoms. The second kappa shape index (κ2) is 12.9. The number of rotatable bonds is 11. The van der Waals surface area contributed by atoms with Crippen LogP contribution in [0.4, 0.5) is 0 Å². The highest BCUT2D eigenvalue weighted by Gasteiger charge is 2.19. The van der Waals surface area contributed by atoms with Gasteiger partial charge in [-0.2, -0.15) is 5.10 Å². The van der Waals surface area contributed by atoms with E-state index in [2.05, 4.69) is 29.7 Å². The number of carbonyl (C=O) groups excluding carboxylic acids is 2. The highest BCUT2D eigenvalue weighted by Crippen LogP contribution is 2.28. The summed E-state index contributed by atoms with van der Waals surface area (Å²) in [4.78, 5) is 25.3. The van der Waals surface area contributed by atoms with Crippen LogP contribution in [0.5, 0.6) is 11.5 Å². The molecule has 0 saturated heterocycles. The average molecular weight is 474 g/mol. The van der Waals surface area contributed by atoms with Gasteiger partial charge in [0.2, 0.25) is 5.91 Å². The molecule has 0 heterocycles. The van der Waals surface area contributed by atoms with Gasteiger partial charge in [-0.05, 0) is 47.4 Å². The van der Waals surface area contributed by atoms with Crippen molar-refractivity contribution >= 4 is 18.0 Å². The zero-order valence-corrected chi connectivity index (χ0v) is 20.2. The Kier molecular flexibility index (Phi) is 9.42. The summed E-state index contributed by atoms with van der Waals surface area (Å²) >= 11 is 0. The van der Waals surface area contributed by atoms with Crippen molar-refractivity contribution in [3.8, 4) is 11.5 Å². The van der Waals surface area contributed by atoms with E-state index in [0.29, 0.717) is 29.6 Å². The molecule has 1 atom stereocenters. The molecule has 0 bridgehead atoms. The van der Waals surface area contributed by atoms with Crippen LogP contribution in [-0.2, 0) is 4.79 Å². The maximum absolute atomic E-state index is 12.7. The Hall–Kier alpha value is -4.13. The number of nitrogens with one attached hydrogen (secondary N) is 2. The Morgan fingerprint density at radius 3 is 2.29 bits per heavy atom. The first-order valence-corrected chi connectivity index (χ1v) is 11.5. The number of hydrogen-bond donors (Lipinski definition) is 2. The van der Waals surface area contributed by atoms with E-state index in [0.717, 1.165) is 11.1 Å². The Labute approximate surface area is 206 Å². The molecule has 3 aromatic rings. The lowest BCUT2D eigenvalue weighted by Crippen LogP contribution is -2.32. The molecule has 0 fully saturated rings. The van der Waals surface area contributed by atoms with Crippen molar-refractivity contribution in [1.82, 2.24) is 10.7 Å². The molecule has 0 aliphatic carbocycles. The van der Waals surface area contributed by atoms with Gasteiger partial charge >= 0.3 is 0 Å². The molecule has 2 amide bonds. The molecule has 0 aliphatic heterocycles. The van der Waals surface area contributed by atoms with Crippen LogP contribution in [0.25, 0.3) is 0 Å². The standard InChI is InChI=1S/C28H31N3O4/c1-20(2)19-35-25-15-14-21(16-26(25)34-3)18-29-31-27(32)17-24(22-10-6-4-7-11-22)30-28(33)23-12-8-5-9-13-23/h4-16,18,20,24H,17,19H2,1-3H3,(H,30,33)(H,31,32)/b29-18-/t24-/m0/s1. The number of nitrogens with zero attached hydrogens (tertiary/aromatic N) is 1. The SMILES string of the molecule is COc1cc(/C=N\NC(=O)C[C@H](NC(=O)c2ccccc2)c2ccccc2)ccc1OCC(C)C. The summed E-state index contributed by atoms with van der Waals surface area (Å²) in [6.07, 6.45) is 1.57. The van der Waals surface area contributed by atoms with Crippen LogP contribution in [0.2, 0.25) is 0 Å². The van der Waals surface area contributed by atoms with E-state index in [-0.39, 0.29) is 18.2 Å². The average Bonchev–Trinajstić information content (AvgIpc) is 2.88. The number of benzene rings is 3. The molecule has 2 N–H and O–H groups in total. The van der Waals surface area contributed by atoms with Gasteiger partial charge in [0.25, 0.3) is 5.91 Å². The van der Waals surface area contributed by atoms with Crippen LogP contribution in [0.15, 0.2) is 84.0 Å². The van der Waals surface area contributed by atoms with Crippen LogP contribution < -0.4 is 20.2 Å². The Bertz CT molecular complexity index is 1130. The molecule has 0 radical (unpaired) electrons. The minimum atomic E-state index is -0.503. The summed E-state index contributed by atoms with van der Waals surface area (Å²) in [6, 6.07) is 23.2. The fourth-order valence-corrected chi connectivity index (χ4v) is 3.32. The number of hydrogen-bond acceptors (Lipinski definition) is 5. The summed E-state index contributed by atoms with van der Waals surface area (Å²) in [7, 11) is 1.58. The molecule has 0 aromatic heterocycles. The van der Waals surface area contributed by atoms with Crippen molar-refractivity contribution in [2.45, 2.75) is 26.3 Å². The fraction of sp³-hybridized carbons (Fsp3) is 0.250. The summed E-state index contributed by atoms with van der Waals surface area (Å²) in [5, 5.41) is 7.02. The van der Waals surface area contributed by atoms with E-state index in [1.807, 2.05) is 48.5 Å². The van der Waals surface area contributed by atoms with Gasteiger partial charge in [-0.15, -0.1) is 0 Å². The Morgan fingerprint density at radius 2 is 1.63 bits per heavy atom. The van der Waals surface area contributed by atoms with Gasteiger partial charge in [0, 0.05) is 5.56 Å². The molecule has 7 nitrogen and oxygen atoms in total. The van der Waals surface area contributed by atoms with Crippen molar-refractivity contribution in [3.63, 3.8) is 0 Å². The van der Waals surface area contributed by atoms with Crippen LogP contribution in [-0.4, -0.2) is 31.7 Å². The highest BCUT2D eigenvalue weighted by atomic mass is 16.5. The van der Waals surface area contributed by atoms with Crippen molar-refractivity contribution in [3.05, 3.63) is 95.6 Å². The monoisotopic (exact) mass is 473 g/mol. The molecule has 0 spiro atoms. The largest absolute Gasteiger partial charge is 0.493 e. The van der Waals surface area contributed by atoms with Gasteiger partial charge in [-0.25, -0.2) is 5.43 Å². The van der Waals surface area contributed by atoms with Crippen molar-refractivity contribution in [2.75, 3.05) is 13.7 Å². The minimum Gasteiger partial charge on any atom is -0.493 e. The Balaban J connectivity index is 1.63. The lowest BCUT2D eigenvalue weighted by atomic mass is 10.0. The maximum Gasteiger partial charge on any atom is 0.251 e. The van der Waals surface area contributed by atoms with Crippen LogP contribution in [0.1, 0.15) is 47.8 Å². The first-order chi connectivity index (χ1) is 17.0. The van der Waals surface area contributed by atoms with E-state index in [9.17, 15) is 9.59 Å². The number of methoxy groups -OCH3 is 1. The topological polar surface area (TPSA) is 89.0 Å². The molecule has 0 unspecified atom stereocenters. The van der Waals surface area contributed by atoms with Gasteiger partial charge in [0.05, 0.1) is 32.4 Å². The second-order valence-electron chi connectivity index (χ2n) is 8.42. The smallest absolute Gasteiger partial charge is 0.251 e. The van der Waals surface area contributed by atoms with E-state index in [1.54, 1.807) is 37.4 Å². The van der Waals surface area contributed by atoms with E-state index >= 15 is 0 Å². The van der Waals surface area contributed by atoms with Crippen LogP contribution >= 0.6 is 0 Å². The number of amides is 2. The summed E-state index contributed by atoms with van der Waals surface area (Å²) in [6.45, 7) is 4.74. The zero-order valence-electron chi connectivity index (χ0n) is 20.2. The van der Waals surface area contributed by atoms with Gasteiger partial charge in [-0.1, -0.05) is 62.4 Å². The maximum atomic E-state index is 12.7. The molecule has 3 rings (SSSR count). The first kappa shape index (κ1) is 25.5. The molecular weight excluding hydrogens is 442 g/mol. The summed E-state index contributed by atoms with van der Waals surface area (Å²) < 4.78 is 11.2. The zero-order chi connectivity index (χ0) is 25.0. The minimum absolute atomic E-state index is 0.0330. The van der Waals surface area contributed by atoms with E-state index in [4.69, 9.17) is 9.47 Å². The molecule has 182 valence electrons. The highest BCUT2D eigenvalue weighted by molar-refractivity contribution is 5.94. The van der Waals surface area contributed by atoms with Gasteiger partial charge < -0.3 is 14.8 Å². The normalized spacial score (nSPS) is 11.8. The first-order valence-electron chi connectivity index (χ1n) is 11.5. The predicted octanol–water partition coefficient (Wildman–Crippen LogP) is 4.74. The van der Waals surface area contributed by atoms with Crippen molar-refractivity contribution < 1.29 is 19.1 Å². The fourth-order valence-electron chi connectivity index (χ4n) is 3.32. The quantitative estimate of drug-likeness (QED) is 0.311. The summed E-state index contributed by atoms with van der Waals surface area (Å²) in [5.74, 6) is 1.07. The number of carbonyl (C=O) groups is 2. The lowest BCUT2D eigenvalue weighted by Gasteiger charge is -2.18. The van der Waals surface area contributed by atoms with Crippen LogP contribution in [0, 0.1) is 5.92 Å². The third-order valence-corrected chi connectivity index (χ3v) is 5.10. The predicted molar refractivity (Wildman–Crippen MR) is 137 cm³/mol. The number of hydrazone groups is 1. The Morgan fingerprint density at radius 1 is 0.943 bits per heavy atom. The molecule has 0 saturated carbocycles. The van der Waals surface area contributed by atoms with E-state index in [1.165, 1.54) is 6.21 Å². The summed E-state index contributed by atoms with van der Waals surface area (Å²) in [5.41, 5.74) is 4.65. The second-order valence-corrected chi connectivity index (χ2v) is 8.42. The van der Waals surface area contributed by atoms with Crippen molar-refractivity contribution in [2.24, 2.45) is 11.0 Å². The van der Waals surface area contributed by atoms with E-state index < -0.39 is 6.04 Å². The lowest BCUT2D eigenvalue weighted by molar-refractivity contribution is -0.121. The third-order valence-electron chi connectivity index (χ3n) is 5.10. The van der Waals surface area contributed by atoms with Gasteiger partial charge in [0.1, 0.15) is 0 Å². The molecule has 3 aromatic carbocycles.